The predicted molar refractivity (Wildman–Crippen MR) is 98.6 cm³/mol. The lowest BCUT2D eigenvalue weighted by Gasteiger charge is -2.03. The maximum Gasteiger partial charge on any atom is 0.187 e. The van der Waals surface area contributed by atoms with E-state index >= 15 is 0 Å². The zero-order valence-electron chi connectivity index (χ0n) is 11.9. The number of nitrogens with zero attached hydrogens (tertiary/aromatic N) is 1. The van der Waals surface area contributed by atoms with E-state index in [-0.39, 0.29) is 17.0 Å². The van der Waals surface area contributed by atoms with Gasteiger partial charge in [0, 0.05) is 22.3 Å². The minimum atomic E-state index is 0. The zero-order valence-corrected chi connectivity index (χ0v) is 14.5. The summed E-state index contributed by atoms with van der Waals surface area (Å²) in [7, 11) is 1.66. The summed E-state index contributed by atoms with van der Waals surface area (Å²) in [5.74, 6) is 0.842. The Labute approximate surface area is 143 Å². The third-order valence-corrected chi connectivity index (χ3v) is 3.81. The quantitative estimate of drug-likeness (QED) is 0.645. The van der Waals surface area contributed by atoms with Crippen molar-refractivity contribution in [3.63, 3.8) is 0 Å². The van der Waals surface area contributed by atoms with Crippen LogP contribution in [0.15, 0.2) is 53.9 Å². The molecule has 0 bridgehead atoms. The number of methoxy groups -OCH3 is 1. The number of aromatic nitrogens is 1. The average molecular weight is 378 g/mol. The predicted octanol–water partition coefficient (Wildman–Crippen LogP) is 4.72. The van der Waals surface area contributed by atoms with E-state index in [9.17, 15) is 0 Å². The number of ether oxygens (including phenoxy) is 1. The molecule has 114 valence electrons. The molecule has 0 aliphatic rings. The van der Waals surface area contributed by atoms with Crippen molar-refractivity contribution < 1.29 is 4.74 Å². The lowest BCUT2D eigenvalue weighted by atomic mass is 10.2. The SMILES string of the molecule is Br.COc1ccc(-c2csc(Nc3ccc(N)cc3)n2)cc1. The molecule has 0 saturated heterocycles. The molecular weight excluding hydrogens is 362 g/mol. The lowest BCUT2D eigenvalue weighted by molar-refractivity contribution is 0.415. The van der Waals surface area contributed by atoms with E-state index in [0.29, 0.717) is 0 Å². The molecule has 0 radical (unpaired) electrons. The molecule has 2 aromatic carbocycles. The van der Waals surface area contributed by atoms with Gasteiger partial charge in [-0.3, -0.25) is 0 Å². The molecule has 3 rings (SSSR count). The maximum absolute atomic E-state index is 5.67. The fraction of sp³-hybridized carbons (Fsp3) is 0.0625. The Morgan fingerprint density at radius 1 is 1.05 bits per heavy atom. The van der Waals surface area contributed by atoms with Crippen LogP contribution in [0.5, 0.6) is 5.75 Å². The number of rotatable bonds is 4. The van der Waals surface area contributed by atoms with Crippen molar-refractivity contribution in [2.45, 2.75) is 0 Å². The Kier molecular flexibility index (Phi) is 5.41. The molecule has 0 fully saturated rings. The monoisotopic (exact) mass is 377 g/mol. The van der Waals surface area contributed by atoms with Crippen LogP contribution in [0.2, 0.25) is 0 Å². The molecule has 0 aliphatic carbocycles. The van der Waals surface area contributed by atoms with Crippen LogP contribution in [0.25, 0.3) is 11.3 Å². The highest BCUT2D eigenvalue weighted by Gasteiger charge is 2.05. The molecule has 0 aliphatic heterocycles. The molecule has 0 unspecified atom stereocenters. The lowest BCUT2D eigenvalue weighted by Crippen LogP contribution is -1.90. The van der Waals surface area contributed by atoms with Crippen molar-refractivity contribution in [1.29, 1.82) is 0 Å². The number of halogens is 1. The van der Waals surface area contributed by atoms with Crippen LogP contribution in [0.1, 0.15) is 0 Å². The first-order chi connectivity index (χ1) is 10.2. The summed E-state index contributed by atoms with van der Waals surface area (Å²) < 4.78 is 5.16. The van der Waals surface area contributed by atoms with Gasteiger partial charge in [0.1, 0.15) is 5.75 Å². The van der Waals surface area contributed by atoms with Crippen LogP contribution in [0.3, 0.4) is 0 Å². The maximum atomic E-state index is 5.67. The molecule has 1 aromatic heterocycles. The van der Waals surface area contributed by atoms with Gasteiger partial charge in [0.05, 0.1) is 12.8 Å². The van der Waals surface area contributed by atoms with Crippen LogP contribution < -0.4 is 15.8 Å². The van der Waals surface area contributed by atoms with Gasteiger partial charge in [-0.25, -0.2) is 4.98 Å². The number of nitrogen functional groups attached to an aromatic ring is 1. The van der Waals surface area contributed by atoms with E-state index in [1.54, 1.807) is 18.4 Å². The van der Waals surface area contributed by atoms with Crippen molar-refractivity contribution in [3.8, 4) is 17.0 Å². The highest BCUT2D eigenvalue weighted by molar-refractivity contribution is 8.93. The molecular formula is C16H16BrN3OS. The van der Waals surface area contributed by atoms with Gasteiger partial charge >= 0.3 is 0 Å². The average Bonchev–Trinajstić information content (AvgIpc) is 2.98. The second kappa shape index (κ2) is 7.29. The number of nitrogens with one attached hydrogen (secondary N) is 1. The highest BCUT2D eigenvalue weighted by atomic mass is 79.9. The molecule has 22 heavy (non-hydrogen) atoms. The van der Waals surface area contributed by atoms with E-state index < -0.39 is 0 Å². The number of nitrogens with two attached hydrogens (primary N) is 1. The third-order valence-electron chi connectivity index (χ3n) is 3.05. The van der Waals surface area contributed by atoms with Crippen LogP contribution in [0, 0.1) is 0 Å². The van der Waals surface area contributed by atoms with Crippen molar-refractivity contribution >= 4 is 44.8 Å². The molecule has 0 spiro atoms. The van der Waals surface area contributed by atoms with Gasteiger partial charge in [-0.05, 0) is 48.5 Å². The number of hydrogen-bond acceptors (Lipinski definition) is 5. The Bertz CT molecular complexity index is 726. The molecule has 0 atom stereocenters. The molecule has 0 saturated carbocycles. The van der Waals surface area contributed by atoms with E-state index in [1.165, 1.54) is 0 Å². The van der Waals surface area contributed by atoms with Crippen LogP contribution >= 0.6 is 28.3 Å². The van der Waals surface area contributed by atoms with Crippen molar-refractivity contribution in [1.82, 2.24) is 4.98 Å². The summed E-state index contributed by atoms with van der Waals surface area (Å²) in [6.07, 6.45) is 0. The van der Waals surface area contributed by atoms with E-state index in [4.69, 9.17) is 10.5 Å². The Hall–Kier alpha value is -2.05. The first-order valence-corrected chi connectivity index (χ1v) is 7.35. The van der Waals surface area contributed by atoms with Crippen molar-refractivity contribution in [3.05, 3.63) is 53.9 Å². The minimum Gasteiger partial charge on any atom is -0.497 e. The largest absolute Gasteiger partial charge is 0.497 e. The highest BCUT2D eigenvalue weighted by Crippen LogP contribution is 2.28. The summed E-state index contributed by atoms with van der Waals surface area (Å²) in [6, 6.07) is 15.5. The Balaban J connectivity index is 0.00000176. The number of hydrogen-bond donors (Lipinski definition) is 2. The standard InChI is InChI=1S/C16H15N3OS.BrH/c1-20-14-8-2-11(3-9-14)15-10-21-16(19-15)18-13-6-4-12(17)5-7-13;/h2-10H,17H2,1H3,(H,18,19);1H. The number of thiazole rings is 1. The summed E-state index contributed by atoms with van der Waals surface area (Å²) in [6.45, 7) is 0. The van der Waals surface area contributed by atoms with Crippen molar-refractivity contribution in [2.24, 2.45) is 0 Å². The molecule has 1 heterocycles. The van der Waals surface area contributed by atoms with Crippen molar-refractivity contribution in [2.75, 3.05) is 18.2 Å². The number of anilines is 3. The Morgan fingerprint density at radius 3 is 2.36 bits per heavy atom. The van der Waals surface area contributed by atoms with Gasteiger partial charge in [0.15, 0.2) is 5.13 Å². The third kappa shape index (κ3) is 3.78. The van der Waals surface area contributed by atoms with Gasteiger partial charge in [0.25, 0.3) is 0 Å². The van der Waals surface area contributed by atoms with Gasteiger partial charge in [-0.2, -0.15) is 0 Å². The fourth-order valence-electron chi connectivity index (χ4n) is 1.92. The fourth-order valence-corrected chi connectivity index (χ4v) is 2.66. The van der Waals surface area contributed by atoms with Gasteiger partial charge in [0.2, 0.25) is 0 Å². The molecule has 3 aromatic rings. The van der Waals surface area contributed by atoms with E-state index in [2.05, 4.69) is 10.3 Å². The topological polar surface area (TPSA) is 60.2 Å². The Morgan fingerprint density at radius 2 is 1.73 bits per heavy atom. The van der Waals surface area contributed by atoms with Gasteiger partial charge < -0.3 is 15.8 Å². The smallest absolute Gasteiger partial charge is 0.187 e. The van der Waals surface area contributed by atoms with Crippen LogP contribution in [-0.4, -0.2) is 12.1 Å². The summed E-state index contributed by atoms with van der Waals surface area (Å²) in [4.78, 5) is 4.59. The molecule has 0 amide bonds. The second-order valence-electron chi connectivity index (χ2n) is 4.51. The minimum absolute atomic E-state index is 0. The molecule has 6 heteroatoms. The van der Waals surface area contributed by atoms with E-state index in [0.717, 1.165) is 33.5 Å². The summed E-state index contributed by atoms with van der Waals surface area (Å²) in [5, 5.41) is 6.15. The summed E-state index contributed by atoms with van der Waals surface area (Å²) in [5.41, 5.74) is 9.41. The molecule has 4 nitrogen and oxygen atoms in total. The number of benzene rings is 2. The van der Waals surface area contributed by atoms with Crippen LogP contribution in [-0.2, 0) is 0 Å². The van der Waals surface area contributed by atoms with Gasteiger partial charge in [-0.15, -0.1) is 28.3 Å². The zero-order chi connectivity index (χ0) is 14.7. The summed E-state index contributed by atoms with van der Waals surface area (Å²) >= 11 is 1.57. The van der Waals surface area contributed by atoms with Crippen LogP contribution in [0.4, 0.5) is 16.5 Å². The first-order valence-electron chi connectivity index (χ1n) is 6.47. The van der Waals surface area contributed by atoms with Gasteiger partial charge in [-0.1, -0.05) is 0 Å². The second-order valence-corrected chi connectivity index (χ2v) is 5.37. The normalized spacial score (nSPS) is 9.86. The molecule has 3 N–H and O–H groups in total. The first kappa shape index (κ1) is 16.3. The van der Waals surface area contributed by atoms with E-state index in [1.807, 2.05) is 53.9 Å².